The van der Waals surface area contributed by atoms with Gasteiger partial charge in [0.25, 0.3) is 5.91 Å². The highest BCUT2D eigenvalue weighted by molar-refractivity contribution is 7.89. The summed E-state index contributed by atoms with van der Waals surface area (Å²) < 4.78 is 27.3. The summed E-state index contributed by atoms with van der Waals surface area (Å²) in [6.45, 7) is 8.07. The number of carbonyl (C=O) groups is 1. The molecule has 0 fully saturated rings. The minimum absolute atomic E-state index is 0.123. The van der Waals surface area contributed by atoms with Crippen molar-refractivity contribution >= 4 is 27.5 Å². The molecule has 0 spiro atoms. The van der Waals surface area contributed by atoms with Gasteiger partial charge in [-0.3, -0.25) is 4.79 Å². The molecule has 0 saturated carbocycles. The van der Waals surface area contributed by atoms with E-state index in [1.54, 1.807) is 42.5 Å². The molecule has 2 aromatic rings. The number of nitrogens with zero attached hydrogens (tertiary/aromatic N) is 1. The van der Waals surface area contributed by atoms with Gasteiger partial charge in [0.05, 0.1) is 4.90 Å². The first-order valence-electron chi connectivity index (χ1n) is 9.58. The Morgan fingerprint density at radius 2 is 1.69 bits per heavy atom. The van der Waals surface area contributed by atoms with Crippen LogP contribution in [0.15, 0.2) is 66.1 Å². The Morgan fingerprint density at radius 1 is 1.10 bits per heavy atom. The smallest absolute Gasteiger partial charge is 0.251 e. The highest BCUT2D eigenvalue weighted by atomic mass is 35.5. The molecule has 0 unspecified atom stereocenters. The van der Waals surface area contributed by atoms with Crippen molar-refractivity contribution in [3.05, 3.63) is 77.3 Å². The molecule has 2 aromatic carbocycles. The van der Waals surface area contributed by atoms with Gasteiger partial charge in [-0.1, -0.05) is 43.7 Å². The summed E-state index contributed by atoms with van der Waals surface area (Å²) in [6.07, 6.45) is 3.30. The van der Waals surface area contributed by atoms with Crippen LogP contribution in [0.1, 0.15) is 42.6 Å². The summed E-state index contributed by atoms with van der Waals surface area (Å²) in [5.74, 6) is -0.123. The van der Waals surface area contributed by atoms with Crippen LogP contribution in [-0.2, 0) is 16.6 Å². The van der Waals surface area contributed by atoms with Gasteiger partial charge >= 0.3 is 0 Å². The molecule has 7 heteroatoms. The van der Waals surface area contributed by atoms with E-state index in [-0.39, 0.29) is 29.9 Å². The van der Waals surface area contributed by atoms with Crippen LogP contribution in [0.5, 0.6) is 0 Å². The maximum absolute atomic E-state index is 13.0. The van der Waals surface area contributed by atoms with Crippen molar-refractivity contribution in [3.63, 3.8) is 0 Å². The molecule has 0 atom stereocenters. The first kappa shape index (κ1) is 23.1. The number of hydrogen-bond donors (Lipinski definition) is 1. The zero-order valence-electron chi connectivity index (χ0n) is 16.8. The number of sulfonamides is 1. The topological polar surface area (TPSA) is 66.5 Å². The van der Waals surface area contributed by atoms with E-state index in [0.717, 1.165) is 18.4 Å². The number of hydrogen-bond acceptors (Lipinski definition) is 3. The normalized spacial score (nSPS) is 11.6. The number of nitrogens with one attached hydrogen (secondary N) is 1. The fourth-order valence-electron chi connectivity index (χ4n) is 2.87. The van der Waals surface area contributed by atoms with Gasteiger partial charge in [0, 0.05) is 29.7 Å². The number of rotatable bonds is 10. The maximum atomic E-state index is 13.0. The van der Waals surface area contributed by atoms with Crippen molar-refractivity contribution < 1.29 is 13.2 Å². The molecule has 0 bridgehead atoms. The molecule has 0 aliphatic heterocycles. The first-order chi connectivity index (χ1) is 13.8. The van der Waals surface area contributed by atoms with Crippen molar-refractivity contribution in [2.75, 3.05) is 6.54 Å². The van der Waals surface area contributed by atoms with Crippen LogP contribution >= 0.6 is 11.6 Å². The highest BCUT2D eigenvalue weighted by Gasteiger charge is 2.23. The van der Waals surface area contributed by atoms with E-state index in [0.29, 0.717) is 10.6 Å². The van der Waals surface area contributed by atoms with E-state index < -0.39 is 10.0 Å². The quantitative estimate of drug-likeness (QED) is 0.554. The monoisotopic (exact) mass is 434 g/mol. The molecule has 156 valence electrons. The fourth-order valence-corrected chi connectivity index (χ4v) is 4.40. The largest absolute Gasteiger partial charge is 0.349 e. The predicted octanol–water partition coefficient (Wildman–Crippen LogP) is 4.64. The molecule has 2 rings (SSSR count). The molecule has 5 nitrogen and oxygen atoms in total. The number of amides is 1. The van der Waals surface area contributed by atoms with Gasteiger partial charge in [0.1, 0.15) is 0 Å². The Labute approximate surface area is 178 Å². The Bertz CT molecular complexity index is 922. The van der Waals surface area contributed by atoms with Gasteiger partial charge in [-0.2, -0.15) is 4.31 Å². The number of benzene rings is 2. The van der Waals surface area contributed by atoms with Crippen LogP contribution in [0.3, 0.4) is 0 Å². The van der Waals surface area contributed by atoms with E-state index in [2.05, 4.69) is 11.9 Å². The Morgan fingerprint density at radius 3 is 2.21 bits per heavy atom. The van der Waals surface area contributed by atoms with E-state index in [9.17, 15) is 13.2 Å². The van der Waals surface area contributed by atoms with Gasteiger partial charge in [-0.15, -0.1) is 6.58 Å². The van der Waals surface area contributed by atoms with Gasteiger partial charge in [-0.05, 0) is 54.8 Å². The molecule has 0 aromatic heterocycles. The van der Waals surface area contributed by atoms with E-state index >= 15 is 0 Å². The Balaban J connectivity index is 2.17. The Hall–Kier alpha value is -2.15. The van der Waals surface area contributed by atoms with Crippen molar-refractivity contribution in [2.24, 2.45) is 0 Å². The molecule has 0 radical (unpaired) electrons. The summed E-state index contributed by atoms with van der Waals surface area (Å²) in [5.41, 5.74) is 1.33. The van der Waals surface area contributed by atoms with Gasteiger partial charge in [0.2, 0.25) is 10.0 Å². The van der Waals surface area contributed by atoms with Crippen molar-refractivity contribution in [3.8, 4) is 0 Å². The molecule has 1 amide bonds. The van der Waals surface area contributed by atoms with Crippen LogP contribution in [0.2, 0.25) is 5.02 Å². The van der Waals surface area contributed by atoms with Gasteiger partial charge < -0.3 is 5.32 Å². The highest BCUT2D eigenvalue weighted by Crippen LogP contribution is 2.21. The van der Waals surface area contributed by atoms with Gasteiger partial charge in [0.15, 0.2) is 0 Å². The summed E-state index contributed by atoms with van der Waals surface area (Å²) in [4.78, 5) is 12.5. The third kappa shape index (κ3) is 6.16. The second kappa shape index (κ2) is 10.6. The minimum atomic E-state index is -3.70. The zero-order valence-corrected chi connectivity index (χ0v) is 18.3. The van der Waals surface area contributed by atoms with Crippen molar-refractivity contribution in [1.82, 2.24) is 9.62 Å². The molecule has 0 aliphatic rings. The number of carbonyl (C=O) groups excluding carboxylic acids is 1. The molecular formula is C22H27ClN2O3S. The fraction of sp³-hybridized carbons (Fsp3) is 0.318. The molecule has 29 heavy (non-hydrogen) atoms. The lowest BCUT2D eigenvalue weighted by Gasteiger charge is -2.21. The average Bonchev–Trinajstić information content (AvgIpc) is 2.72. The lowest BCUT2D eigenvalue weighted by atomic mass is 10.1. The van der Waals surface area contributed by atoms with Crippen LogP contribution in [0, 0.1) is 0 Å². The summed E-state index contributed by atoms with van der Waals surface area (Å²) in [6, 6.07) is 13.2. The Kier molecular flexibility index (Phi) is 8.44. The molecule has 0 aliphatic carbocycles. The molecular weight excluding hydrogens is 408 g/mol. The van der Waals surface area contributed by atoms with Crippen molar-refractivity contribution in [2.45, 2.75) is 44.2 Å². The SMILES string of the molecule is C=CCN(Cc1ccc(C(=O)NC(CC)CC)cc1)S(=O)(=O)c1ccc(Cl)cc1. The molecule has 1 N–H and O–H groups in total. The summed E-state index contributed by atoms with van der Waals surface area (Å²) >= 11 is 5.87. The first-order valence-corrected chi connectivity index (χ1v) is 11.4. The van der Waals surface area contributed by atoms with E-state index in [1.165, 1.54) is 16.4 Å². The van der Waals surface area contributed by atoms with Crippen LogP contribution in [0.25, 0.3) is 0 Å². The minimum Gasteiger partial charge on any atom is -0.349 e. The second-order valence-corrected chi connectivity index (χ2v) is 9.10. The van der Waals surface area contributed by atoms with E-state index in [4.69, 9.17) is 11.6 Å². The molecule has 0 heterocycles. The lowest BCUT2D eigenvalue weighted by Crippen LogP contribution is -2.33. The third-order valence-corrected chi connectivity index (χ3v) is 6.76. The standard InChI is InChI=1S/C22H27ClN2O3S/c1-4-15-25(29(27,28)21-13-11-19(23)12-14-21)16-17-7-9-18(10-8-17)22(26)24-20(5-2)6-3/h4,7-14,20H,1,5-6,15-16H2,2-3H3,(H,24,26). The van der Waals surface area contributed by atoms with Crippen molar-refractivity contribution in [1.29, 1.82) is 0 Å². The summed E-state index contributed by atoms with van der Waals surface area (Å²) in [5, 5.41) is 3.47. The number of halogens is 1. The maximum Gasteiger partial charge on any atom is 0.251 e. The van der Waals surface area contributed by atoms with Crippen LogP contribution < -0.4 is 5.32 Å². The van der Waals surface area contributed by atoms with Crippen LogP contribution in [-0.4, -0.2) is 31.2 Å². The summed E-state index contributed by atoms with van der Waals surface area (Å²) in [7, 11) is -3.70. The van der Waals surface area contributed by atoms with E-state index in [1.807, 2.05) is 13.8 Å². The lowest BCUT2D eigenvalue weighted by molar-refractivity contribution is 0.0935. The second-order valence-electron chi connectivity index (χ2n) is 6.72. The van der Waals surface area contributed by atoms with Gasteiger partial charge in [-0.25, -0.2) is 8.42 Å². The van der Waals surface area contributed by atoms with Crippen LogP contribution in [0.4, 0.5) is 0 Å². The molecule has 0 saturated heterocycles. The zero-order chi connectivity index (χ0) is 21.4. The average molecular weight is 435 g/mol. The predicted molar refractivity (Wildman–Crippen MR) is 118 cm³/mol. The third-order valence-electron chi connectivity index (χ3n) is 4.68.